The first-order chi connectivity index (χ1) is 7.91. The first-order valence-corrected chi connectivity index (χ1v) is 5.27. The van der Waals surface area contributed by atoms with Gasteiger partial charge in [0.1, 0.15) is 6.04 Å². The summed E-state index contributed by atoms with van der Waals surface area (Å²) in [5.41, 5.74) is 6.31. The van der Waals surface area contributed by atoms with Gasteiger partial charge in [0.2, 0.25) is 0 Å². The van der Waals surface area contributed by atoms with Crippen LogP contribution >= 0.6 is 12.4 Å². The van der Waals surface area contributed by atoms with E-state index in [1.807, 2.05) is 0 Å². The van der Waals surface area contributed by atoms with Crippen LogP contribution in [0.1, 0.15) is 24.1 Å². The van der Waals surface area contributed by atoms with Gasteiger partial charge < -0.3 is 10.5 Å². The van der Waals surface area contributed by atoms with E-state index in [4.69, 9.17) is 5.73 Å². The highest BCUT2D eigenvalue weighted by Crippen LogP contribution is 2.32. The maximum Gasteiger partial charge on any atom is 0.379 e. The standard InChI is InChI=1S/C12H15F2NO2.ClH/c1-3-17-11(16)12(13,14)10(15)9-7-5-4-6-8(9)2;/h4-7,10H,3,15H2,1-2H3;1H/t10-;/m1./s1. The lowest BCUT2D eigenvalue weighted by atomic mass is 9.97. The maximum atomic E-state index is 13.7. The van der Waals surface area contributed by atoms with E-state index in [9.17, 15) is 13.6 Å². The van der Waals surface area contributed by atoms with Gasteiger partial charge in [-0.3, -0.25) is 0 Å². The number of ether oxygens (including phenoxy) is 1. The van der Waals surface area contributed by atoms with Crippen LogP contribution in [0.15, 0.2) is 24.3 Å². The molecule has 0 aromatic heterocycles. The van der Waals surface area contributed by atoms with Gasteiger partial charge in [-0.2, -0.15) is 8.78 Å². The quantitative estimate of drug-likeness (QED) is 0.862. The van der Waals surface area contributed by atoms with E-state index in [1.165, 1.54) is 13.0 Å². The fraction of sp³-hybridized carbons (Fsp3) is 0.417. The molecule has 0 aliphatic rings. The van der Waals surface area contributed by atoms with Crippen molar-refractivity contribution in [2.75, 3.05) is 6.61 Å². The predicted molar refractivity (Wildman–Crippen MR) is 66.9 cm³/mol. The van der Waals surface area contributed by atoms with Crippen molar-refractivity contribution in [3.05, 3.63) is 35.4 Å². The van der Waals surface area contributed by atoms with Crippen molar-refractivity contribution in [3.8, 4) is 0 Å². The highest BCUT2D eigenvalue weighted by atomic mass is 35.5. The summed E-state index contributed by atoms with van der Waals surface area (Å²) in [6.07, 6.45) is 0. The third kappa shape index (κ3) is 3.40. The molecule has 6 heteroatoms. The van der Waals surface area contributed by atoms with Crippen molar-refractivity contribution in [3.63, 3.8) is 0 Å². The Morgan fingerprint density at radius 3 is 2.50 bits per heavy atom. The van der Waals surface area contributed by atoms with Gasteiger partial charge >= 0.3 is 11.9 Å². The van der Waals surface area contributed by atoms with E-state index < -0.39 is 17.9 Å². The Bertz CT molecular complexity index is 413. The summed E-state index contributed by atoms with van der Waals surface area (Å²) in [5, 5.41) is 0. The lowest BCUT2D eigenvalue weighted by molar-refractivity contribution is -0.174. The fourth-order valence-electron chi connectivity index (χ4n) is 1.49. The normalized spacial score (nSPS) is 12.5. The van der Waals surface area contributed by atoms with Crippen LogP contribution in [0.2, 0.25) is 0 Å². The Morgan fingerprint density at radius 1 is 1.44 bits per heavy atom. The Morgan fingerprint density at radius 2 is 2.00 bits per heavy atom. The van der Waals surface area contributed by atoms with Gasteiger partial charge in [0.25, 0.3) is 0 Å². The predicted octanol–water partition coefficient (Wildman–Crippen LogP) is 2.62. The molecular weight excluding hydrogens is 264 g/mol. The molecule has 1 aromatic rings. The second-order valence-corrected chi connectivity index (χ2v) is 3.68. The van der Waals surface area contributed by atoms with Gasteiger partial charge in [0.15, 0.2) is 0 Å². The number of hydrogen-bond acceptors (Lipinski definition) is 3. The molecule has 1 aromatic carbocycles. The lowest BCUT2D eigenvalue weighted by Gasteiger charge is -2.23. The average Bonchev–Trinajstić information content (AvgIpc) is 2.29. The number of benzene rings is 1. The molecule has 18 heavy (non-hydrogen) atoms. The molecule has 1 rings (SSSR count). The topological polar surface area (TPSA) is 52.3 Å². The van der Waals surface area contributed by atoms with Crippen LogP contribution in [-0.4, -0.2) is 18.5 Å². The minimum atomic E-state index is -3.72. The molecule has 0 saturated heterocycles. The number of aryl methyl sites for hydroxylation is 1. The average molecular weight is 280 g/mol. The largest absolute Gasteiger partial charge is 0.462 e. The number of hydrogen-bond donors (Lipinski definition) is 1. The van der Waals surface area contributed by atoms with Gasteiger partial charge in [-0.1, -0.05) is 24.3 Å². The summed E-state index contributed by atoms with van der Waals surface area (Å²) in [4.78, 5) is 11.1. The van der Waals surface area contributed by atoms with Crippen LogP contribution in [0.4, 0.5) is 8.78 Å². The van der Waals surface area contributed by atoms with Crippen LogP contribution in [-0.2, 0) is 9.53 Å². The number of rotatable bonds is 4. The van der Waals surface area contributed by atoms with Crippen LogP contribution in [0.3, 0.4) is 0 Å². The molecule has 1 atom stereocenters. The zero-order valence-electron chi connectivity index (χ0n) is 10.2. The van der Waals surface area contributed by atoms with Gasteiger partial charge in [-0.15, -0.1) is 12.4 Å². The molecule has 0 bridgehead atoms. The summed E-state index contributed by atoms with van der Waals surface area (Å²) < 4.78 is 31.6. The minimum absolute atomic E-state index is 0. The molecule has 0 spiro atoms. The fourth-order valence-corrected chi connectivity index (χ4v) is 1.49. The lowest BCUT2D eigenvalue weighted by Crippen LogP contribution is -2.42. The number of carbonyl (C=O) groups is 1. The van der Waals surface area contributed by atoms with Gasteiger partial charge in [0, 0.05) is 0 Å². The highest BCUT2D eigenvalue weighted by Gasteiger charge is 2.48. The minimum Gasteiger partial charge on any atom is -0.462 e. The molecule has 0 aliphatic carbocycles. The number of nitrogens with two attached hydrogens (primary N) is 1. The molecule has 2 N–H and O–H groups in total. The van der Waals surface area contributed by atoms with Crippen molar-refractivity contribution in [1.82, 2.24) is 0 Å². The third-order valence-corrected chi connectivity index (χ3v) is 2.46. The first kappa shape index (κ1) is 16.8. The number of carbonyl (C=O) groups excluding carboxylic acids is 1. The summed E-state index contributed by atoms with van der Waals surface area (Å²) in [6, 6.07) is 4.77. The molecule has 0 heterocycles. The first-order valence-electron chi connectivity index (χ1n) is 5.27. The van der Waals surface area contributed by atoms with E-state index in [1.54, 1.807) is 25.1 Å². The Balaban J connectivity index is 0.00000289. The van der Waals surface area contributed by atoms with E-state index in [-0.39, 0.29) is 24.6 Å². The molecule has 0 fully saturated rings. The van der Waals surface area contributed by atoms with Gasteiger partial charge in [0.05, 0.1) is 6.61 Å². The van der Waals surface area contributed by atoms with Crippen LogP contribution < -0.4 is 5.73 Å². The second kappa shape index (κ2) is 6.66. The molecule has 0 unspecified atom stereocenters. The Kier molecular flexibility index (Phi) is 6.21. The van der Waals surface area contributed by atoms with Crippen molar-refractivity contribution in [1.29, 1.82) is 0 Å². The van der Waals surface area contributed by atoms with Crippen LogP contribution in [0.25, 0.3) is 0 Å². The molecule has 0 amide bonds. The molecule has 3 nitrogen and oxygen atoms in total. The van der Waals surface area contributed by atoms with E-state index in [0.717, 1.165) is 0 Å². The van der Waals surface area contributed by atoms with Gasteiger partial charge in [-0.05, 0) is 25.0 Å². The van der Waals surface area contributed by atoms with Crippen molar-refractivity contribution < 1.29 is 18.3 Å². The van der Waals surface area contributed by atoms with E-state index in [2.05, 4.69) is 4.74 Å². The molecule has 0 saturated carbocycles. The Hall–Kier alpha value is -1.20. The zero-order valence-corrected chi connectivity index (χ0v) is 11.0. The molecule has 0 radical (unpaired) electrons. The molecule has 0 aliphatic heterocycles. The molecule has 102 valence electrons. The third-order valence-electron chi connectivity index (χ3n) is 2.46. The number of alkyl halides is 2. The zero-order chi connectivity index (χ0) is 13.1. The summed E-state index contributed by atoms with van der Waals surface area (Å²) in [7, 11) is 0. The van der Waals surface area contributed by atoms with Crippen molar-refractivity contribution >= 4 is 18.4 Å². The Labute approximate surface area is 111 Å². The highest BCUT2D eigenvalue weighted by molar-refractivity contribution is 5.85. The monoisotopic (exact) mass is 279 g/mol. The molecular formula is C12H16ClF2NO2. The number of halogens is 3. The number of esters is 1. The van der Waals surface area contributed by atoms with Crippen LogP contribution in [0.5, 0.6) is 0 Å². The van der Waals surface area contributed by atoms with Crippen LogP contribution in [0, 0.1) is 6.92 Å². The van der Waals surface area contributed by atoms with Gasteiger partial charge in [-0.25, -0.2) is 4.79 Å². The van der Waals surface area contributed by atoms with E-state index in [0.29, 0.717) is 5.56 Å². The van der Waals surface area contributed by atoms with Crippen molar-refractivity contribution in [2.24, 2.45) is 5.73 Å². The summed E-state index contributed by atoms with van der Waals surface area (Å²) >= 11 is 0. The summed E-state index contributed by atoms with van der Waals surface area (Å²) in [6.45, 7) is 3.03. The smallest absolute Gasteiger partial charge is 0.379 e. The SMILES string of the molecule is CCOC(=O)C(F)(F)[C@H](N)c1ccccc1C.Cl. The second-order valence-electron chi connectivity index (χ2n) is 3.68. The summed E-state index contributed by atoms with van der Waals surface area (Å²) in [5.74, 6) is -5.31. The van der Waals surface area contributed by atoms with E-state index >= 15 is 0 Å². The van der Waals surface area contributed by atoms with Crippen molar-refractivity contribution in [2.45, 2.75) is 25.8 Å². The maximum absolute atomic E-state index is 13.7.